The number of rotatable bonds is 0. The minimum Gasteiger partial charge on any atom is -0.389 e. The Kier molecular flexibility index (Phi) is 3.12. The number of hydrogen-bond donors (Lipinski definition) is 1. The van der Waals surface area contributed by atoms with Crippen molar-refractivity contribution in [2.24, 2.45) is 28.6 Å². The predicted molar refractivity (Wildman–Crippen MR) is 91.9 cm³/mol. The highest BCUT2D eigenvalue weighted by Crippen LogP contribution is 2.68. The minimum atomic E-state index is -0.633. The van der Waals surface area contributed by atoms with Crippen LogP contribution in [0.4, 0.5) is 0 Å². The molecule has 6 atom stereocenters. The van der Waals surface area contributed by atoms with Gasteiger partial charge in [-0.3, -0.25) is 4.79 Å². The van der Waals surface area contributed by atoms with Crippen molar-refractivity contribution >= 4 is 5.78 Å². The molecule has 2 heteroatoms. The van der Waals surface area contributed by atoms with Gasteiger partial charge in [0, 0.05) is 11.8 Å². The fourth-order valence-electron chi connectivity index (χ4n) is 6.75. The second kappa shape index (κ2) is 4.59. The molecule has 4 aliphatic rings. The topological polar surface area (TPSA) is 37.3 Å². The Bertz CT molecular complexity index is 617. The van der Waals surface area contributed by atoms with Crippen molar-refractivity contribution in [1.82, 2.24) is 0 Å². The second-order valence-electron chi connectivity index (χ2n) is 9.22. The van der Waals surface area contributed by atoms with E-state index in [4.69, 9.17) is 0 Å². The molecule has 6 unspecified atom stereocenters. The summed E-state index contributed by atoms with van der Waals surface area (Å²) in [6.45, 7) is 11.3. The first-order chi connectivity index (χ1) is 10.7. The maximum Gasteiger partial charge on any atom is 0.155 e. The van der Waals surface area contributed by atoms with E-state index in [1.807, 2.05) is 6.08 Å². The van der Waals surface area contributed by atoms with E-state index in [1.54, 1.807) is 0 Å². The van der Waals surface area contributed by atoms with Gasteiger partial charge >= 0.3 is 0 Å². The number of carbonyl (C=O) groups is 1. The molecule has 0 aliphatic heterocycles. The zero-order chi connectivity index (χ0) is 16.6. The van der Waals surface area contributed by atoms with Gasteiger partial charge in [-0.05, 0) is 67.8 Å². The van der Waals surface area contributed by atoms with Crippen LogP contribution in [0.25, 0.3) is 0 Å². The molecule has 3 fully saturated rings. The van der Waals surface area contributed by atoms with Gasteiger partial charge in [-0.25, -0.2) is 0 Å². The fourth-order valence-corrected chi connectivity index (χ4v) is 6.75. The lowest BCUT2D eigenvalue weighted by Gasteiger charge is -2.62. The van der Waals surface area contributed by atoms with Crippen LogP contribution in [-0.2, 0) is 4.79 Å². The normalized spacial score (nSPS) is 52.5. The molecule has 1 N–H and O–H groups in total. The Hall–Kier alpha value is -0.890. The lowest BCUT2D eigenvalue weighted by atomic mass is 9.45. The molecule has 0 saturated heterocycles. The summed E-state index contributed by atoms with van der Waals surface area (Å²) in [7, 11) is 0. The van der Waals surface area contributed by atoms with Crippen molar-refractivity contribution in [1.29, 1.82) is 0 Å². The summed E-state index contributed by atoms with van der Waals surface area (Å²) in [5.41, 5.74) is 2.01. The van der Waals surface area contributed by atoms with Gasteiger partial charge in [0.2, 0.25) is 0 Å². The highest BCUT2D eigenvalue weighted by atomic mass is 16.3. The molecule has 126 valence electrons. The lowest BCUT2D eigenvalue weighted by molar-refractivity contribution is -0.183. The van der Waals surface area contributed by atoms with Crippen molar-refractivity contribution in [2.75, 3.05) is 0 Å². The van der Waals surface area contributed by atoms with Crippen LogP contribution in [0.2, 0.25) is 0 Å². The summed E-state index contributed by atoms with van der Waals surface area (Å²) in [5.74, 6) is 1.74. The summed E-state index contributed by atoms with van der Waals surface area (Å²) in [6, 6.07) is 0. The number of allylic oxidation sites excluding steroid dienone is 1. The van der Waals surface area contributed by atoms with Gasteiger partial charge in [0.05, 0.1) is 5.60 Å². The summed E-state index contributed by atoms with van der Waals surface area (Å²) in [5, 5.41) is 11.9. The average molecular weight is 314 g/mol. The van der Waals surface area contributed by atoms with Crippen LogP contribution in [0.15, 0.2) is 23.8 Å². The fraction of sp³-hybridized carbons (Fsp3) is 0.762. The van der Waals surface area contributed by atoms with E-state index in [0.717, 1.165) is 32.1 Å². The van der Waals surface area contributed by atoms with Crippen LogP contribution in [0.1, 0.15) is 65.7 Å². The molecule has 0 aromatic rings. The maximum atomic E-state index is 11.9. The predicted octanol–water partition coefficient (Wildman–Crippen LogP) is 4.44. The highest BCUT2D eigenvalue weighted by Gasteiger charge is 2.65. The SMILES string of the molecule is C=C1C(C)CC2C3CCC4=CC(=O)CCC4(C)C3(O)CCC12C. The Morgan fingerprint density at radius 1 is 1.17 bits per heavy atom. The summed E-state index contributed by atoms with van der Waals surface area (Å²) in [4.78, 5) is 11.9. The van der Waals surface area contributed by atoms with E-state index >= 15 is 0 Å². The standard InChI is InChI=1S/C21H30O2/c1-13-11-18-17-6-5-15-12-16(22)7-8-20(15,4)21(17,23)10-9-19(18,3)14(13)2/h12-13,17-18,23H,2,5-11H2,1,3-4H3. The van der Waals surface area contributed by atoms with Gasteiger partial charge in [-0.15, -0.1) is 0 Å². The first-order valence-electron chi connectivity index (χ1n) is 9.38. The van der Waals surface area contributed by atoms with Crippen molar-refractivity contribution < 1.29 is 9.90 Å². The first kappa shape index (κ1) is 15.6. The van der Waals surface area contributed by atoms with Gasteiger partial charge < -0.3 is 5.11 Å². The molecule has 0 radical (unpaired) electrons. The van der Waals surface area contributed by atoms with Crippen molar-refractivity contribution in [3.63, 3.8) is 0 Å². The molecule has 0 aromatic carbocycles. The van der Waals surface area contributed by atoms with Crippen LogP contribution < -0.4 is 0 Å². The first-order valence-corrected chi connectivity index (χ1v) is 9.38. The van der Waals surface area contributed by atoms with Gasteiger partial charge in [0.25, 0.3) is 0 Å². The zero-order valence-corrected chi connectivity index (χ0v) is 14.8. The quantitative estimate of drug-likeness (QED) is 0.671. The number of aliphatic hydroxyl groups is 1. The number of ketones is 1. The third kappa shape index (κ3) is 1.76. The number of fused-ring (bicyclic) bond motifs is 5. The van der Waals surface area contributed by atoms with Crippen LogP contribution in [-0.4, -0.2) is 16.5 Å². The second-order valence-corrected chi connectivity index (χ2v) is 9.22. The third-order valence-corrected chi connectivity index (χ3v) is 8.47. The Balaban J connectivity index is 1.77. The van der Waals surface area contributed by atoms with Crippen LogP contribution in [0, 0.1) is 28.6 Å². The third-order valence-electron chi connectivity index (χ3n) is 8.47. The van der Waals surface area contributed by atoms with E-state index in [0.29, 0.717) is 24.2 Å². The van der Waals surface area contributed by atoms with Crippen molar-refractivity contribution in [3.05, 3.63) is 23.8 Å². The molecule has 3 saturated carbocycles. The van der Waals surface area contributed by atoms with Gasteiger partial charge in [0.1, 0.15) is 0 Å². The molecule has 0 spiro atoms. The van der Waals surface area contributed by atoms with E-state index < -0.39 is 5.60 Å². The van der Waals surface area contributed by atoms with Crippen molar-refractivity contribution in [2.45, 2.75) is 71.3 Å². The molecule has 4 rings (SSSR count). The van der Waals surface area contributed by atoms with Crippen LogP contribution >= 0.6 is 0 Å². The molecule has 2 nitrogen and oxygen atoms in total. The monoisotopic (exact) mass is 314 g/mol. The van der Waals surface area contributed by atoms with Crippen LogP contribution in [0.5, 0.6) is 0 Å². The molecular weight excluding hydrogens is 284 g/mol. The van der Waals surface area contributed by atoms with Gasteiger partial charge in [0.15, 0.2) is 5.78 Å². The van der Waals surface area contributed by atoms with Gasteiger partial charge in [-0.2, -0.15) is 0 Å². The molecule has 4 aliphatic carbocycles. The highest BCUT2D eigenvalue weighted by molar-refractivity contribution is 5.91. The Morgan fingerprint density at radius 3 is 2.65 bits per heavy atom. The maximum absolute atomic E-state index is 11.9. The van der Waals surface area contributed by atoms with Gasteiger partial charge in [-0.1, -0.05) is 38.5 Å². The smallest absolute Gasteiger partial charge is 0.155 e. The summed E-state index contributed by atoms with van der Waals surface area (Å²) in [6.07, 6.45) is 8.39. The summed E-state index contributed by atoms with van der Waals surface area (Å²) < 4.78 is 0. The average Bonchev–Trinajstić information content (AvgIpc) is 2.73. The minimum absolute atomic E-state index is 0.196. The van der Waals surface area contributed by atoms with E-state index in [2.05, 4.69) is 27.4 Å². The molecule has 0 amide bonds. The summed E-state index contributed by atoms with van der Waals surface area (Å²) >= 11 is 0. The molecule has 0 heterocycles. The molecule has 0 aromatic heterocycles. The van der Waals surface area contributed by atoms with Crippen molar-refractivity contribution in [3.8, 4) is 0 Å². The van der Waals surface area contributed by atoms with E-state index in [-0.39, 0.29) is 16.6 Å². The zero-order valence-electron chi connectivity index (χ0n) is 14.8. The number of hydrogen-bond acceptors (Lipinski definition) is 2. The van der Waals surface area contributed by atoms with E-state index in [9.17, 15) is 9.90 Å². The Morgan fingerprint density at radius 2 is 1.91 bits per heavy atom. The molecule has 0 bridgehead atoms. The molecule has 23 heavy (non-hydrogen) atoms. The van der Waals surface area contributed by atoms with E-state index in [1.165, 1.54) is 17.6 Å². The Labute approximate surface area is 140 Å². The van der Waals surface area contributed by atoms with Crippen LogP contribution in [0.3, 0.4) is 0 Å². The largest absolute Gasteiger partial charge is 0.389 e. The lowest BCUT2D eigenvalue weighted by Crippen LogP contribution is -2.62. The molecular formula is C21H30O2. The number of carbonyl (C=O) groups excluding carboxylic acids is 1.